The van der Waals surface area contributed by atoms with Crippen LogP contribution in [0.25, 0.3) is 0 Å². The molecule has 0 aliphatic carbocycles. The summed E-state index contributed by atoms with van der Waals surface area (Å²) in [6.45, 7) is 7.90. The second-order valence-corrected chi connectivity index (χ2v) is 5.47. The molecule has 3 heteroatoms. The highest BCUT2D eigenvalue weighted by Gasteiger charge is 2.26. The van der Waals surface area contributed by atoms with E-state index < -0.39 is 6.10 Å². The summed E-state index contributed by atoms with van der Waals surface area (Å²) >= 11 is 0. The Kier molecular flexibility index (Phi) is 6.03. The van der Waals surface area contributed by atoms with Crippen molar-refractivity contribution >= 4 is 5.91 Å². The normalized spacial score (nSPS) is 12.8. The molecule has 0 saturated heterocycles. The van der Waals surface area contributed by atoms with E-state index in [1.165, 1.54) is 0 Å². The number of nitrogens with zero attached hydrogens (tertiary/aromatic N) is 1. The van der Waals surface area contributed by atoms with E-state index >= 15 is 0 Å². The Morgan fingerprint density at radius 1 is 1.11 bits per heavy atom. The topological polar surface area (TPSA) is 40.5 Å². The fraction of sp³-hybridized carbons (Fsp3) is 0.562. The molecule has 1 N–H and O–H groups in total. The number of hydrogen-bond acceptors (Lipinski definition) is 2. The largest absolute Gasteiger partial charge is 0.383 e. The third kappa shape index (κ3) is 4.67. The Labute approximate surface area is 116 Å². The highest BCUT2D eigenvalue weighted by atomic mass is 16.3. The number of amides is 1. The second kappa shape index (κ2) is 7.29. The van der Waals surface area contributed by atoms with E-state index in [9.17, 15) is 9.90 Å². The minimum absolute atomic E-state index is 0.110. The van der Waals surface area contributed by atoms with Crippen LogP contribution in [0.15, 0.2) is 30.3 Å². The van der Waals surface area contributed by atoms with Gasteiger partial charge in [0.2, 0.25) is 0 Å². The van der Waals surface area contributed by atoms with Crippen LogP contribution in [0.4, 0.5) is 0 Å². The number of aliphatic hydroxyl groups excluding tert-OH is 1. The molecule has 1 aromatic carbocycles. The van der Waals surface area contributed by atoms with E-state index in [2.05, 4.69) is 0 Å². The third-order valence-corrected chi connectivity index (χ3v) is 3.20. The number of aliphatic hydroxyl groups is 1. The summed E-state index contributed by atoms with van der Waals surface area (Å²) in [4.78, 5) is 14.0. The lowest BCUT2D eigenvalue weighted by molar-refractivity contribution is -0.144. The highest BCUT2D eigenvalue weighted by Crippen LogP contribution is 2.12. The van der Waals surface area contributed by atoms with Crippen LogP contribution < -0.4 is 0 Å². The molecule has 0 aromatic heterocycles. The molecule has 0 aliphatic heterocycles. The van der Waals surface area contributed by atoms with Crippen molar-refractivity contribution in [3.8, 4) is 0 Å². The number of benzene rings is 1. The van der Waals surface area contributed by atoms with Crippen LogP contribution in [0, 0.1) is 0 Å². The lowest BCUT2D eigenvalue weighted by Gasteiger charge is -2.32. The Hall–Kier alpha value is -1.35. The quantitative estimate of drug-likeness (QED) is 0.857. The van der Waals surface area contributed by atoms with Crippen LogP contribution in [-0.4, -0.2) is 34.1 Å². The van der Waals surface area contributed by atoms with Crippen LogP contribution in [0.1, 0.15) is 39.7 Å². The highest BCUT2D eigenvalue weighted by molar-refractivity contribution is 5.81. The molecule has 0 aliphatic rings. The summed E-state index contributed by atoms with van der Waals surface area (Å²) in [6, 6.07) is 10.2. The molecule has 0 fully saturated rings. The van der Waals surface area contributed by atoms with E-state index in [1.807, 2.05) is 58.0 Å². The zero-order valence-electron chi connectivity index (χ0n) is 12.3. The fourth-order valence-corrected chi connectivity index (χ4v) is 2.35. The van der Waals surface area contributed by atoms with E-state index in [4.69, 9.17) is 0 Å². The van der Waals surface area contributed by atoms with Crippen LogP contribution >= 0.6 is 0 Å². The van der Waals surface area contributed by atoms with Crippen molar-refractivity contribution in [1.29, 1.82) is 0 Å². The van der Waals surface area contributed by atoms with E-state index in [0.717, 1.165) is 12.0 Å². The Morgan fingerprint density at radius 2 is 1.63 bits per heavy atom. The molecular weight excluding hydrogens is 238 g/mol. The zero-order valence-corrected chi connectivity index (χ0v) is 12.3. The van der Waals surface area contributed by atoms with E-state index in [0.29, 0.717) is 6.42 Å². The van der Waals surface area contributed by atoms with Gasteiger partial charge in [-0.2, -0.15) is 0 Å². The summed E-state index contributed by atoms with van der Waals surface area (Å²) in [6.07, 6.45) is 0.279. The maximum atomic E-state index is 12.2. The number of carbonyl (C=O) groups excluding carboxylic acids is 1. The van der Waals surface area contributed by atoms with Crippen molar-refractivity contribution in [3.05, 3.63) is 35.9 Å². The zero-order chi connectivity index (χ0) is 14.4. The molecule has 1 rings (SSSR count). The summed E-state index contributed by atoms with van der Waals surface area (Å²) < 4.78 is 0. The molecule has 0 unspecified atom stereocenters. The van der Waals surface area contributed by atoms with Gasteiger partial charge < -0.3 is 10.0 Å². The second-order valence-electron chi connectivity index (χ2n) is 5.47. The van der Waals surface area contributed by atoms with Crippen molar-refractivity contribution in [2.45, 2.75) is 58.7 Å². The Morgan fingerprint density at radius 3 is 2.11 bits per heavy atom. The first-order valence-corrected chi connectivity index (χ1v) is 6.97. The predicted molar refractivity (Wildman–Crippen MR) is 77.9 cm³/mol. The van der Waals surface area contributed by atoms with E-state index in [1.54, 1.807) is 4.90 Å². The summed E-state index contributed by atoms with van der Waals surface area (Å²) in [5.74, 6) is -0.166. The molecule has 0 radical (unpaired) electrons. The van der Waals surface area contributed by atoms with Gasteiger partial charge in [0.1, 0.15) is 6.10 Å². The number of hydrogen-bond donors (Lipinski definition) is 1. The lowest BCUT2D eigenvalue weighted by atomic mass is 10.1. The molecule has 1 aromatic rings. The molecule has 19 heavy (non-hydrogen) atoms. The van der Waals surface area contributed by atoms with Crippen molar-refractivity contribution < 1.29 is 9.90 Å². The SMILES string of the molecule is CC(C)N(C(=O)[C@H](O)CCc1ccccc1)C(C)C. The monoisotopic (exact) mass is 263 g/mol. The van der Waals surface area contributed by atoms with Crippen LogP contribution in [0.2, 0.25) is 0 Å². The average molecular weight is 263 g/mol. The number of aryl methyl sites for hydroxylation is 1. The van der Waals surface area contributed by atoms with E-state index in [-0.39, 0.29) is 18.0 Å². The van der Waals surface area contributed by atoms with Gasteiger partial charge in [-0.1, -0.05) is 30.3 Å². The van der Waals surface area contributed by atoms with Gasteiger partial charge in [0.05, 0.1) is 0 Å². The van der Waals surface area contributed by atoms with Gasteiger partial charge >= 0.3 is 0 Å². The molecule has 1 atom stereocenters. The van der Waals surface area contributed by atoms with Crippen LogP contribution in [0.3, 0.4) is 0 Å². The molecule has 0 bridgehead atoms. The van der Waals surface area contributed by atoms with Gasteiger partial charge in [-0.15, -0.1) is 0 Å². The molecule has 0 heterocycles. The van der Waals surface area contributed by atoms with Gasteiger partial charge in [-0.25, -0.2) is 0 Å². The van der Waals surface area contributed by atoms with Crippen molar-refractivity contribution in [2.75, 3.05) is 0 Å². The number of carbonyl (C=O) groups is 1. The lowest BCUT2D eigenvalue weighted by Crippen LogP contribution is -2.47. The maximum Gasteiger partial charge on any atom is 0.251 e. The molecule has 0 spiro atoms. The minimum atomic E-state index is -0.912. The Balaban J connectivity index is 2.57. The predicted octanol–water partition coefficient (Wildman–Crippen LogP) is 2.63. The molecule has 106 valence electrons. The smallest absolute Gasteiger partial charge is 0.251 e. The first kappa shape index (κ1) is 15.7. The maximum absolute atomic E-state index is 12.2. The fourth-order valence-electron chi connectivity index (χ4n) is 2.35. The van der Waals surface area contributed by atoms with Gasteiger partial charge in [0.15, 0.2) is 0 Å². The first-order chi connectivity index (χ1) is 8.93. The van der Waals surface area contributed by atoms with Crippen LogP contribution in [-0.2, 0) is 11.2 Å². The van der Waals surface area contributed by atoms with Gasteiger partial charge in [-0.3, -0.25) is 4.79 Å². The first-order valence-electron chi connectivity index (χ1n) is 6.97. The Bertz CT molecular complexity index is 379. The average Bonchev–Trinajstić information content (AvgIpc) is 2.36. The summed E-state index contributed by atoms with van der Waals surface area (Å²) in [7, 11) is 0. The summed E-state index contributed by atoms with van der Waals surface area (Å²) in [5, 5.41) is 10.1. The summed E-state index contributed by atoms with van der Waals surface area (Å²) in [5.41, 5.74) is 1.15. The van der Waals surface area contributed by atoms with Crippen molar-refractivity contribution in [2.24, 2.45) is 0 Å². The molecule has 1 amide bonds. The standard InChI is InChI=1S/C16H25NO2/c1-12(2)17(13(3)4)16(19)15(18)11-10-14-8-6-5-7-9-14/h5-9,12-13,15,18H,10-11H2,1-4H3/t15-/m1/s1. The van der Waals surface area contributed by atoms with Crippen molar-refractivity contribution in [3.63, 3.8) is 0 Å². The van der Waals surface area contributed by atoms with Crippen molar-refractivity contribution in [1.82, 2.24) is 4.90 Å². The van der Waals surface area contributed by atoms with Gasteiger partial charge in [-0.05, 0) is 46.1 Å². The number of rotatable bonds is 6. The minimum Gasteiger partial charge on any atom is -0.383 e. The third-order valence-electron chi connectivity index (χ3n) is 3.20. The van der Waals surface area contributed by atoms with Gasteiger partial charge in [0.25, 0.3) is 5.91 Å². The molecule has 3 nitrogen and oxygen atoms in total. The van der Waals surface area contributed by atoms with Gasteiger partial charge in [0, 0.05) is 12.1 Å². The van der Waals surface area contributed by atoms with Crippen LogP contribution in [0.5, 0.6) is 0 Å². The molecule has 0 saturated carbocycles. The molecular formula is C16H25NO2.